The van der Waals surface area contributed by atoms with Gasteiger partial charge in [-0.1, -0.05) is 0 Å². The number of hydrogen-bond acceptors (Lipinski definition) is 5. The van der Waals surface area contributed by atoms with Crippen molar-refractivity contribution < 1.29 is 23.7 Å². The third-order valence-electron chi connectivity index (χ3n) is 2.41. The first kappa shape index (κ1) is 14.0. The van der Waals surface area contributed by atoms with Gasteiger partial charge < -0.3 is 24.3 Å². The number of carbonyl (C=O) groups excluding carboxylic acids is 1. The third-order valence-corrected chi connectivity index (χ3v) is 2.41. The number of rotatable bonds is 5. The molecule has 0 heterocycles. The van der Waals surface area contributed by atoms with Crippen molar-refractivity contribution >= 4 is 6.09 Å². The van der Waals surface area contributed by atoms with Gasteiger partial charge >= 0.3 is 6.09 Å². The van der Waals surface area contributed by atoms with Crippen molar-refractivity contribution in [3.63, 3.8) is 0 Å². The smallest absolute Gasteiger partial charge is 0.407 e. The molecule has 0 aliphatic heterocycles. The van der Waals surface area contributed by atoms with Crippen molar-refractivity contribution in [2.75, 3.05) is 28.4 Å². The molecule has 0 saturated carbocycles. The quantitative estimate of drug-likeness (QED) is 0.865. The van der Waals surface area contributed by atoms with Crippen LogP contribution >= 0.6 is 0 Å². The molecule has 0 aliphatic rings. The zero-order valence-corrected chi connectivity index (χ0v) is 10.9. The van der Waals surface area contributed by atoms with Crippen LogP contribution in [0.3, 0.4) is 0 Å². The van der Waals surface area contributed by atoms with E-state index in [0.29, 0.717) is 22.8 Å². The number of ether oxygens (including phenoxy) is 4. The van der Waals surface area contributed by atoms with Crippen molar-refractivity contribution in [1.82, 2.24) is 5.32 Å². The maximum absolute atomic E-state index is 11.1. The van der Waals surface area contributed by atoms with Crippen LogP contribution in [-0.4, -0.2) is 34.5 Å². The van der Waals surface area contributed by atoms with E-state index in [1.54, 1.807) is 19.2 Å². The zero-order valence-electron chi connectivity index (χ0n) is 10.9. The molecule has 0 fully saturated rings. The Balaban J connectivity index is 3.03. The van der Waals surface area contributed by atoms with Crippen LogP contribution in [0.5, 0.6) is 17.2 Å². The lowest BCUT2D eigenvalue weighted by Gasteiger charge is -2.15. The number of nitrogens with one attached hydrogen (secondary N) is 1. The fourth-order valence-electron chi connectivity index (χ4n) is 1.48. The Hall–Kier alpha value is -2.11. The van der Waals surface area contributed by atoms with Crippen LogP contribution in [-0.2, 0) is 11.3 Å². The summed E-state index contributed by atoms with van der Waals surface area (Å²) in [4.78, 5) is 11.1. The molecule has 0 aromatic heterocycles. The molecule has 0 bridgehead atoms. The lowest BCUT2D eigenvalue weighted by atomic mass is 10.1. The van der Waals surface area contributed by atoms with Crippen LogP contribution in [0.1, 0.15) is 5.56 Å². The molecule has 0 radical (unpaired) electrons. The Kier molecular flexibility index (Phi) is 5.10. The lowest BCUT2D eigenvalue weighted by Crippen LogP contribution is -2.23. The molecule has 1 amide bonds. The van der Waals surface area contributed by atoms with Gasteiger partial charge in [-0.2, -0.15) is 0 Å². The minimum absolute atomic E-state index is 0.239. The molecule has 0 saturated heterocycles. The summed E-state index contributed by atoms with van der Waals surface area (Å²) in [6.45, 7) is 0.239. The maximum atomic E-state index is 11.1. The first-order chi connectivity index (χ1) is 8.65. The third kappa shape index (κ3) is 3.19. The molecule has 6 nitrogen and oxygen atoms in total. The standard InChI is InChI=1S/C12H17NO5/c1-15-8-5-10(16-2)9(11(6-8)17-3)7-13-12(14)18-4/h5-6H,7H2,1-4H3,(H,13,14). The highest BCUT2D eigenvalue weighted by Gasteiger charge is 2.14. The van der Waals surface area contributed by atoms with E-state index in [0.717, 1.165) is 0 Å². The van der Waals surface area contributed by atoms with Gasteiger partial charge in [0.15, 0.2) is 0 Å². The Morgan fingerprint density at radius 1 is 1.06 bits per heavy atom. The van der Waals surface area contributed by atoms with Gasteiger partial charge in [0, 0.05) is 12.1 Å². The molecular weight excluding hydrogens is 238 g/mol. The summed E-state index contributed by atoms with van der Waals surface area (Å²) < 4.78 is 20.1. The summed E-state index contributed by atoms with van der Waals surface area (Å²) in [5, 5.41) is 2.57. The highest BCUT2D eigenvalue weighted by atomic mass is 16.5. The van der Waals surface area contributed by atoms with Gasteiger partial charge in [0.2, 0.25) is 0 Å². The minimum Gasteiger partial charge on any atom is -0.496 e. The van der Waals surface area contributed by atoms with Crippen molar-refractivity contribution in [1.29, 1.82) is 0 Å². The second-order valence-corrected chi connectivity index (χ2v) is 3.36. The SMILES string of the molecule is COC(=O)NCc1c(OC)cc(OC)cc1OC. The van der Waals surface area contributed by atoms with Crippen LogP contribution in [0.2, 0.25) is 0 Å². The van der Waals surface area contributed by atoms with E-state index in [2.05, 4.69) is 10.1 Å². The molecule has 0 spiro atoms. The Morgan fingerprint density at radius 3 is 2.00 bits per heavy atom. The lowest BCUT2D eigenvalue weighted by molar-refractivity contribution is 0.170. The van der Waals surface area contributed by atoms with Crippen LogP contribution in [0, 0.1) is 0 Å². The molecule has 0 aliphatic carbocycles. The predicted octanol–water partition coefficient (Wildman–Crippen LogP) is 1.57. The highest BCUT2D eigenvalue weighted by molar-refractivity contribution is 5.67. The van der Waals surface area contributed by atoms with Crippen molar-refractivity contribution in [2.24, 2.45) is 0 Å². The van der Waals surface area contributed by atoms with Gasteiger partial charge in [0.25, 0.3) is 0 Å². The molecule has 18 heavy (non-hydrogen) atoms. The Bertz CT molecular complexity index is 394. The molecule has 1 aromatic carbocycles. The first-order valence-corrected chi connectivity index (χ1v) is 5.27. The maximum Gasteiger partial charge on any atom is 0.407 e. The van der Waals surface area contributed by atoms with E-state index in [1.165, 1.54) is 21.3 Å². The molecule has 100 valence electrons. The second-order valence-electron chi connectivity index (χ2n) is 3.36. The predicted molar refractivity (Wildman–Crippen MR) is 65.3 cm³/mol. The van der Waals surface area contributed by atoms with E-state index in [1.807, 2.05) is 0 Å². The number of carbonyl (C=O) groups is 1. The topological polar surface area (TPSA) is 66.0 Å². The van der Waals surface area contributed by atoms with Crippen LogP contribution in [0.4, 0.5) is 4.79 Å². The highest BCUT2D eigenvalue weighted by Crippen LogP contribution is 2.33. The Morgan fingerprint density at radius 2 is 1.61 bits per heavy atom. The fraction of sp³-hybridized carbons (Fsp3) is 0.417. The van der Waals surface area contributed by atoms with E-state index in [-0.39, 0.29) is 6.54 Å². The number of benzene rings is 1. The molecular formula is C12H17NO5. The van der Waals surface area contributed by atoms with Gasteiger partial charge in [-0.15, -0.1) is 0 Å². The van der Waals surface area contributed by atoms with Gasteiger partial charge in [-0.3, -0.25) is 0 Å². The number of amides is 1. The van der Waals surface area contributed by atoms with Crippen molar-refractivity contribution in [3.8, 4) is 17.2 Å². The van der Waals surface area contributed by atoms with E-state index in [9.17, 15) is 4.79 Å². The molecule has 1 N–H and O–H groups in total. The molecule has 0 unspecified atom stereocenters. The molecule has 0 atom stereocenters. The monoisotopic (exact) mass is 255 g/mol. The average Bonchev–Trinajstić information content (AvgIpc) is 2.43. The number of hydrogen-bond donors (Lipinski definition) is 1. The van der Waals surface area contributed by atoms with E-state index >= 15 is 0 Å². The number of methoxy groups -OCH3 is 4. The summed E-state index contributed by atoms with van der Waals surface area (Å²) in [5.41, 5.74) is 0.714. The van der Waals surface area contributed by atoms with Gasteiger partial charge in [-0.05, 0) is 0 Å². The summed E-state index contributed by atoms with van der Waals surface area (Å²) in [6, 6.07) is 3.44. The number of alkyl carbamates (subject to hydrolysis) is 1. The van der Waals surface area contributed by atoms with Gasteiger partial charge in [0.1, 0.15) is 17.2 Å². The van der Waals surface area contributed by atoms with Crippen LogP contribution < -0.4 is 19.5 Å². The van der Waals surface area contributed by atoms with Crippen molar-refractivity contribution in [2.45, 2.75) is 6.54 Å². The van der Waals surface area contributed by atoms with Crippen LogP contribution in [0.25, 0.3) is 0 Å². The fourth-order valence-corrected chi connectivity index (χ4v) is 1.48. The van der Waals surface area contributed by atoms with Crippen molar-refractivity contribution in [3.05, 3.63) is 17.7 Å². The summed E-state index contributed by atoms with van der Waals surface area (Å²) in [6.07, 6.45) is -0.519. The zero-order chi connectivity index (χ0) is 13.5. The molecule has 6 heteroatoms. The Labute approximate surface area is 106 Å². The minimum atomic E-state index is -0.519. The first-order valence-electron chi connectivity index (χ1n) is 5.27. The van der Waals surface area contributed by atoms with E-state index < -0.39 is 6.09 Å². The van der Waals surface area contributed by atoms with Gasteiger partial charge in [0.05, 0.1) is 40.5 Å². The average molecular weight is 255 g/mol. The summed E-state index contributed by atoms with van der Waals surface area (Å²) >= 11 is 0. The molecule has 1 aromatic rings. The van der Waals surface area contributed by atoms with Crippen LogP contribution in [0.15, 0.2) is 12.1 Å². The molecule has 1 rings (SSSR count). The summed E-state index contributed by atoms with van der Waals surface area (Å²) in [5.74, 6) is 1.76. The normalized spacial score (nSPS) is 9.56. The largest absolute Gasteiger partial charge is 0.496 e. The van der Waals surface area contributed by atoms with Gasteiger partial charge in [-0.25, -0.2) is 4.79 Å². The van der Waals surface area contributed by atoms with E-state index in [4.69, 9.17) is 14.2 Å². The second kappa shape index (κ2) is 6.58. The summed E-state index contributed by atoms with van der Waals surface area (Å²) in [7, 11) is 5.93.